The summed E-state index contributed by atoms with van der Waals surface area (Å²) >= 11 is 0. The molecule has 8 nitrogen and oxygen atoms in total. The molecular weight excluding hydrogens is 286 g/mol. The van der Waals surface area contributed by atoms with Crippen molar-refractivity contribution in [1.29, 1.82) is 0 Å². The van der Waals surface area contributed by atoms with Crippen LogP contribution in [0, 0.1) is 10.1 Å². The van der Waals surface area contributed by atoms with Crippen LogP contribution in [0.5, 0.6) is 0 Å². The molecule has 110 valence electrons. The summed E-state index contributed by atoms with van der Waals surface area (Å²) in [7, 11) is -7.14. The molecule has 0 aromatic carbocycles. The lowest BCUT2D eigenvalue weighted by molar-refractivity contribution is -0.742. The van der Waals surface area contributed by atoms with Crippen LogP contribution in [0.25, 0.3) is 0 Å². The van der Waals surface area contributed by atoms with Gasteiger partial charge in [-0.3, -0.25) is 0 Å². The molecule has 0 bridgehead atoms. The minimum atomic E-state index is -3.57. The quantitative estimate of drug-likeness (QED) is 0.582. The molecule has 0 heterocycles. The summed E-state index contributed by atoms with van der Waals surface area (Å²) < 4.78 is 45.1. The summed E-state index contributed by atoms with van der Waals surface area (Å²) in [5.41, 5.74) is 0. The Balaban J connectivity index is 0. The highest BCUT2D eigenvalue weighted by Gasteiger charge is 2.47. The smallest absolute Gasteiger partial charge is 0.291 e. The lowest BCUT2D eigenvalue weighted by Crippen LogP contribution is -2.44. The highest BCUT2D eigenvalue weighted by molar-refractivity contribution is 8.10. The van der Waals surface area contributed by atoms with Gasteiger partial charge in [-0.25, -0.2) is 16.8 Å². The molecule has 0 amide bonds. The molecule has 0 saturated carbocycles. The van der Waals surface area contributed by atoms with Gasteiger partial charge < -0.3 is 5.21 Å². The molecule has 0 saturated heterocycles. The van der Waals surface area contributed by atoms with Gasteiger partial charge in [0.25, 0.3) is 5.09 Å². The van der Waals surface area contributed by atoms with Gasteiger partial charge in [0.15, 0.2) is 23.8 Å². The van der Waals surface area contributed by atoms with Crippen molar-refractivity contribution in [3.05, 3.63) is 10.1 Å². The Morgan fingerprint density at radius 3 is 1.39 bits per heavy atom. The maximum absolute atomic E-state index is 11.7. The Kier molecular flexibility index (Phi) is 7.43. The molecular formula is C8H19NO7S2. The first kappa shape index (κ1) is 19.4. The summed E-state index contributed by atoms with van der Waals surface area (Å²) in [6.07, 6.45) is 0.0966. The fraction of sp³-hybridized carbons (Fsp3) is 1.00. The van der Waals surface area contributed by atoms with E-state index < -0.39 is 28.8 Å². The van der Waals surface area contributed by atoms with Crippen LogP contribution in [0.2, 0.25) is 0 Å². The molecule has 0 radical (unpaired) electrons. The Morgan fingerprint density at radius 1 is 1.06 bits per heavy atom. The first-order chi connectivity index (χ1) is 7.91. The third-order valence-electron chi connectivity index (χ3n) is 2.72. The van der Waals surface area contributed by atoms with Crippen molar-refractivity contribution in [2.75, 3.05) is 11.5 Å². The zero-order valence-corrected chi connectivity index (χ0v) is 12.4. The van der Waals surface area contributed by atoms with Crippen molar-refractivity contribution < 1.29 is 27.1 Å². The van der Waals surface area contributed by atoms with E-state index in [0.717, 1.165) is 0 Å². The Hall–Kier alpha value is -0.900. The highest BCUT2D eigenvalue weighted by atomic mass is 32.3. The van der Waals surface area contributed by atoms with Gasteiger partial charge in [-0.05, 0) is 13.3 Å². The average Bonchev–Trinajstić information content (AvgIpc) is 2.26. The molecule has 0 spiro atoms. The number of sulfone groups is 2. The molecule has 10 heteroatoms. The lowest BCUT2D eigenvalue weighted by Gasteiger charge is -2.26. The minimum Gasteiger partial charge on any atom is -0.328 e. The lowest BCUT2D eigenvalue weighted by atomic mass is 10.4. The van der Waals surface area contributed by atoms with Gasteiger partial charge in [0.2, 0.25) is 0 Å². The molecule has 0 aromatic rings. The number of nitrogens with zero attached hydrogens (tertiary/aromatic N) is 1. The second-order valence-electron chi connectivity index (χ2n) is 3.53. The molecule has 0 aromatic heterocycles. The van der Waals surface area contributed by atoms with Crippen LogP contribution in [0.3, 0.4) is 0 Å². The normalized spacial score (nSPS) is 12.4. The van der Waals surface area contributed by atoms with Crippen molar-refractivity contribution in [3.8, 4) is 0 Å². The first-order valence-electron chi connectivity index (χ1n) is 5.19. The first-order valence-corrected chi connectivity index (χ1v) is 8.50. The standard InChI is InChI=1S/C8H18O4S2.HNO3/c1-5-8(4,13(9,10)6-2)14(11,12)7-3;2-1(3)4/h5-7H2,1-4H3;(H,2,3,4). The molecule has 0 aliphatic rings. The Morgan fingerprint density at radius 2 is 1.28 bits per heavy atom. The van der Waals surface area contributed by atoms with Gasteiger partial charge >= 0.3 is 0 Å². The zero-order chi connectivity index (χ0) is 15.2. The molecule has 0 unspecified atom stereocenters. The summed E-state index contributed by atoms with van der Waals surface area (Å²) in [6.45, 7) is 5.81. The van der Waals surface area contributed by atoms with E-state index in [1.54, 1.807) is 6.92 Å². The van der Waals surface area contributed by atoms with Crippen LogP contribution < -0.4 is 0 Å². The van der Waals surface area contributed by atoms with Crippen LogP contribution in [0.1, 0.15) is 34.1 Å². The van der Waals surface area contributed by atoms with Crippen molar-refractivity contribution in [3.63, 3.8) is 0 Å². The molecule has 1 N–H and O–H groups in total. The van der Waals surface area contributed by atoms with E-state index in [2.05, 4.69) is 0 Å². The molecule has 0 fully saturated rings. The van der Waals surface area contributed by atoms with E-state index in [1.165, 1.54) is 20.8 Å². The topological polar surface area (TPSA) is 132 Å². The molecule has 0 rings (SSSR count). The van der Waals surface area contributed by atoms with Crippen molar-refractivity contribution in [2.24, 2.45) is 0 Å². The van der Waals surface area contributed by atoms with E-state index in [-0.39, 0.29) is 17.9 Å². The van der Waals surface area contributed by atoms with Crippen LogP contribution >= 0.6 is 0 Å². The number of hydrogen-bond donors (Lipinski definition) is 1. The third kappa shape index (κ3) is 4.41. The molecule has 0 atom stereocenters. The largest absolute Gasteiger partial charge is 0.328 e. The molecule has 0 aliphatic carbocycles. The predicted octanol–water partition coefficient (Wildman–Crippen LogP) is 0.634. The summed E-state index contributed by atoms with van der Waals surface area (Å²) in [5.74, 6) is -0.285. The number of rotatable bonds is 5. The van der Waals surface area contributed by atoms with E-state index in [9.17, 15) is 16.8 Å². The summed E-state index contributed by atoms with van der Waals surface area (Å²) in [5, 5.41) is 13.6. The maximum Gasteiger partial charge on any atom is 0.291 e. The van der Waals surface area contributed by atoms with E-state index in [1.807, 2.05) is 0 Å². The van der Waals surface area contributed by atoms with E-state index in [4.69, 9.17) is 15.3 Å². The zero-order valence-electron chi connectivity index (χ0n) is 10.8. The van der Waals surface area contributed by atoms with E-state index in [0.29, 0.717) is 0 Å². The Labute approximate surface area is 107 Å². The van der Waals surface area contributed by atoms with Gasteiger partial charge in [-0.2, -0.15) is 0 Å². The SMILES string of the molecule is CCC(C)(S(=O)(=O)CC)S(=O)(=O)CC.O=[N+]([O-])O. The van der Waals surface area contributed by atoms with Crippen LogP contribution in [0.15, 0.2) is 0 Å². The fourth-order valence-corrected chi connectivity index (χ4v) is 5.60. The second-order valence-corrected chi connectivity index (χ2v) is 9.21. The van der Waals surface area contributed by atoms with Gasteiger partial charge in [-0.1, -0.05) is 20.8 Å². The monoisotopic (exact) mass is 305 g/mol. The van der Waals surface area contributed by atoms with E-state index >= 15 is 0 Å². The average molecular weight is 305 g/mol. The van der Waals surface area contributed by atoms with Gasteiger partial charge in [0.1, 0.15) is 0 Å². The summed E-state index contributed by atoms with van der Waals surface area (Å²) in [6, 6.07) is 0. The van der Waals surface area contributed by atoms with Crippen molar-refractivity contribution >= 4 is 19.7 Å². The maximum atomic E-state index is 11.7. The number of hydrogen-bond acceptors (Lipinski definition) is 6. The van der Waals surface area contributed by atoms with Crippen molar-refractivity contribution in [1.82, 2.24) is 0 Å². The predicted molar refractivity (Wildman–Crippen MR) is 66.4 cm³/mol. The van der Waals surface area contributed by atoms with Gasteiger partial charge in [0.05, 0.1) is 0 Å². The van der Waals surface area contributed by atoms with Crippen molar-refractivity contribution in [2.45, 2.75) is 38.2 Å². The van der Waals surface area contributed by atoms with Crippen LogP contribution in [-0.2, 0) is 19.7 Å². The molecule has 18 heavy (non-hydrogen) atoms. The van der Waals surface area contributed by atoms with Crippen LogP contribution in [0.4, 0.5) is 0 Å². The summed E-state index contributed by atoms with van der Waals surface area (Å²) in [4.78, 5) is 8.36. The molecule has 0 aliphatic heterocycles. The van der Waals surface area contributed by atoms with Gasteiger partial charge in [-0.15, -0.1) is 10.1 Å². The minimum absolute atomic E-state index is 0.0966. The fourth-order valence-electron chi connectivity index (χ4n) is 1.24. The van der Waals surface area contributed by atoms with Gasteiger partial charge in [0, 0.05) is 11.5 Å². The highest BCUT2D eigenvalue weighted by Crippen LogP contribution is 2.29. The Bertz CT molecular complexity index is 428. The second kappa shape index (κ2) is 6.88. The van der Waals surface area contributed by atoms with Crippen LogP contribution in [-0.4, -0.2) is 42.7 Å². The third-order valence-corrected chi connectivity index (χ3v) is 8.97.